The van der Waals surface area contributed by atoms with E-state index in [0.29, 0.717) is 12.1 Å². The molecule has 1 aliphatic rings. The SMILES string of the molecule is N=C(N)c1ccnc(N2CCCC(O)C2)c1. The van der Waals surface area contributed by atoms with Gasteiger partial charge in [0.05, 0.1) is 6.10 Å². The van der Waals surface area contributed by atoms with E-state index in [1.54, 1.807) is 18.3 Å². The summed E-state index contributed by atoms with van der Waals surface area (Å²) in [6, 6.07) is 3.51. The van der Waals surface area contributed by atoms with E-state index in [4.69, 9.17) is 11.1 Å². The van der Waals surface area contributed by atoms with Crippen molar-refractivity contribution in [1.82, 2.24) is 4.98 Å². The number of piperidine rings is 1. The van der Waals surface area contributed by atoms with Gasteiger partial charge in [-0.05, 0) is 25.0 Å². The first-order valence-electron chi connectivity index (χ1n) is 5.40. The number of pyridine rings is 1. The minimum Gasteiger partial charge on any atom is -0.391 e. The quantitative estimate of drug-likeness (QED) is 0.495. The molecule has 16 heavy (non-hydrogen) atoms. The van der Waals surface area contributed by atoms with Crippen molar-refractivity contribution in [2.45, 2.75) is 18.9 Å². The Morgan fingerprint density at radius 3 is 3.12 bits per heavy atom. The Morgan fingerprint density at radius 2 is 2.44 bits per heavy atom. The van der Waals surface area contributed by atoms with Crippen molar-refractivity contribution in [3.63, 3.8) is 0 Å². The summed E-state index contributed by atoms with van der Waals surface area (Å²) < 4.78 is 0. The van der Waals surface area contributed by atoms with E-state index in [-0.39, 0.29) is 11.9 Å². The maximum atomic E-state index is 9.58. The lowest BCUT2D eigenvalue weighted by Gasteiger charge is -2.31. The molecular weight excluding hydrogens is 204 g/mol. The van der Waals surface area contributed by atoms with Crippen LogP contribution in [0.25, 0.3) is 0 Å². The number of amidine groups is 1. The van der Waals surface area contributed by atoms with Gasteiger partial charge < -0.3 is 15.7 Å². The molecule has 1 aliphatic heterocycles. The van der Waals surface area contributed by atoms with Gasteiger partial charge in [0.15, 0.2) is 0 Å². The molecule has 2 rings (SSSR count). The van der Waals surface area contributed by atoms with Crippen molar-refractivity contribution in [2.75, 3.05) is 18.0 Å². The van der Waals surface area contributed by atoms with Gasteiger partial charge in [-0.2, -0.15) is 0 Å². The number of hydrogen-bond acceptors (Lipinski definition) is 4. The molecule has 1 aromatic rings. The maximum Gasteiger partial charge on any atom is 0.129 e. The molecule has 4 N–H and O–H groups in total. The molecule has 1 aromatic heterocycles. The third kappa shape index (κ3) is 2.30. The molecule has 0 amide bonds. The summed E-state index contributed by atoms with van der Waals surface area (Å²) in [5, 5.41) is 17.0. The first kappa shape index (κ1) is 10.9. The van der Waals surface area contributed by atoms with Gasteiger partial charge in [0.25, 0.3) is 0 Å². The highest BCUT2D eigenvalue weighted by atomic mass is 16.3. The van der Waals surface area contributed by atoms with Gasteiger partial charge in [0.1, 0.15) is 11.7 Å². The predicted molar refractivity (Wildman–Crippen MR) is 62.7 cm³/mol. The van der Waals surface area contributed by atoms with Crippen molar-refractivity contribution in [3.8, 4) is 0 Å². The van der Waals surface area contributed by atoms with E-state index in [1.807, 2.05) is 4.90 Å². The lowest BCUT2D eigenvalue weighted by Crippen LogP contribution is -2.38. The largest absolute Gasteiger partial charge is 0.391 e. The molecule has 1 atom stereocenters. The van der Waals surface area contributed by atoms with Gasteiger partial charge in [0, 0.05) is 24.8 Å². The Balaban J connectivity index is 2.19. The fourth-order valence-corrected chi connectivity index (χ4v) is 1.92. The van der Waals surface area contributed by atoms with Gasteiger partial charge in [-0.25, -0.2) is 4.98 Å². The van der Waals surface area contributed by atoms with E-state index < -0.39 is 0 Å². The number of hydrogen-bond donors (Lipinski definition) is 3. The number of nitrogens with two attached hydrogens (primary N) is 1. The van der Waals surface area contributed by atoms with Gasteiger partial charge in [-0.1, -0.05) is 0 Å². The average Bonchev–Trinajstić information content (AvgIpc) is 2.29. The molecule has 0 spiro atoms. The second kappa shape index (κ2) is 4.49. The van der Waals surface area contributed by atoms with E-state index in [2.05, 4.69) is 4.98 Å². The summed E-state index contributed by atoms with van der Waals surface area (Å²) in [6.45, 7) is 1.50. The maximum absolute atomic E-state index is 9.58. The van der Waals surface area contributed by atoms with E-state index >= 15 is 0 Å². The van der Waals surface area contributed by atoms with Crippen molar-refractivity contribution in [3.05, 3.63) is 23.9 Å². The third-order valence-corrected chi connectivity index (χ3v) is 2.78. The predicted octanol–water partition coefficient (Wildman–Crippen LogP) is 0.327. The van der Waals surface area contributed by atoms with E-state index in [1.165, 1.54) is 0 Å². The Bertz CT molecular complexity index is 393. The first-order valence-corrected chi connectivity index (χ1v) is 5.40. The Hall–Kier alpha value is -1.62. The number of rotatable bonds is 2. The number of anilines is 1. The highest BCUT2D eigenvalue weighted by Crippen LogP contribution is 2.18. The second-order valence-corrected chi connectivity index (χ2v) is 4.06. The van der Waals surface area contributed by atoms with Crippen LogP contribution < -0.4 is 10.6 Å². The minimum absolute atomic E-state index is 0.0428. The molecule has 5 nitrogen and oxygen atoms in total. The summed E-state index contributed by atoms with van der Waals surface area (Å²) >= 11 is 0. The molecule has 0 aromatic carbocycles. The van der Waals surface area contributed by atoms with Crippen molar-refractivity contribution in [1.29, 1.82) is 5.41 Å². The van der Waals surface area contributed by atoms with Crippen molar-refractivity contribution < 1.29 is 5.11 Å². The summed E-state index contributed by atoms with van der Waals surface area (Å²) in [6.07, 6.45) is 3.18. The van der Waals surface area contributed by atoms with E-state index in [0.717, 1.165) is 25.2 Å². The van der Waals surface area contributed by atoms with Gasteiger partial charge in [-0.15, -0.1) is 0 Å². The number of aliphatic hydroxyl groups is 1. The Labute approximate surface area is 94.4 Å². The summed E-state index contributed by atoms with van der Waals surface area (Å²) in [4.78, 5) is 6.27. The summed E-state index contributed by atoms with van der Waals surface area (Å²) in [7, 11) is 0. The van der Waals surface area contributed by atoms with Crippen LogP contribution in [0.15, 0.2) is 18.3 Å². The number of nitrogen functional groups attached to an aromatic ring is 1. The van der Waals surface area contributed by atoms with Crippen molar-refractivity contribution in [2.24, 2.45) is 5.73 Å². The monoisotopic (exact) mass is 220 g/mol. The van der Waals surface area contributed by atoms with Crippen molar-refractivity contribution >= 4 is 11.7 Å². The fourth-order valence-electron chi connectivity index (χ4n) is 1.92. The Kier molecular flexibility index (Phi) is 3.05. The number of aromatic nitrogens is 1. The molecule has 2 heterocycles. The molecule has 1 saturated heterocycles. The number of nitrogens with zero attached hydrogens (tertiary/aromatic N) is 2. The van der Waals surface area contributed by atoms with Gasteiger partial charge >= 0.3 is 0 Å². The van der Waals surface area contributed by atoms with Crippen LogP contribution in [0.2, 0.25) is 0 Å². The summed E-state index contributed by atoms with van der Waals surface area (Å²) in [5.74, 6) is 0.827. The molecule has 5 heteroatoms. The highest BCUT2D eigenvalue weighted by Gasteiger charge is 2.18. The Morgan fingerprint density at radius 1 is 1.62 bits per heavy atom. The summed E-state index contributed by atoms with van der Waals surface area (Å²) in [5.41, 5.74) is 6.10. The van der Waals surface area contributed by atoms with E-state index in [9.17, 15) is 5.11 Å². The molecule has 0 radical (unpaired) electrons. The number of nitrogens with one attached hydrogen (secondary N) is 1. The fraction of sp³-hybridized carbons (Fsp3) is 0.455. The van der Waals surface area contributed by atoms with Crippen LogP contribution in [-0.2, 0) is 0 Å². The molecule has 1 unspecified atom stereocenters. The molecule has 0 aliphatic carbocycles. The van der Waals surface area contributed by atoms with Crippen LogP contribution in [0.3, 0.4) is 0 Å². The molecule has 0 saturated carbocycles. The van der Waals surface area contributed by atoms with Crippen LogP contribution >= 0.6 is 0 Å². The average molecular weight is 220 g/mol. The molecule has 0 bridgehead atoms. The standard InChI is InChI=1S/C11H16N4O/c12-11(13)8-3-4-14-10(6-8)15-5-1-2-9(16)7-15/h3-4,6,9,16H,1-2,5,7H2,(H3,12,13). The zero-order valence-corrected chi connectivity index (χ0v) is 9.06. The molecule has 86 valence electrons. The first-order chi connectivity index (χ1) is 7.66. The lowest BCUT2D eigenvalue weighted by atomic mass is 10.1. The second-order valence-electron chi connectivity index (χ2n) is 4.06. The van der Waals surface area contributed by atoms with Crippen LogP contribution in [0.4, 0.5) is 5.82 Å². The van der Waals surface area contributed by atoms with Crippen LogP contribution in [0.5, 0.6) is 0 Å². The zero-order valence-electron chi connectivity index (χ0n) is 9.06. The highest BCUT2D eigenvalue weighted by molar-refractivity contribution is 5.95. The topological polar surface area (TPSA) is 86.2 Å². The zero-order chi connectivity index (χ0) is 11.5. The van der Waals surface area contributed by atoms with Crippen LogP contribution in [0, 0.1) is 5.41 Å². The van der Waals surface area contributed by atoms with Crippen LogP contribution in [-0.4, -0.2) is 35.1 Å². The van der Waals surface area contributed by atoms with Gasteiger partial charge in [0.2, 0.25) is 0 Å². The molecular formula is C11H16N4O. The normalized spacial score (nSPS) is 20.8. The minimum atomic E-state index is -0.281. The number of β-amino-alcohol motifs (C(OH)–C–C–N with tert-alkyl or cyclic N) is 1. The van der Waals surface area contributed by atoms with Gasteiger partial charge in [-0.3, -0.25) is 5.41 Å². The third-order valence-electron chi connectivity index (χ3n) is 2.78. The lowest BCUT2D eigenvalue weighted by molar-refractivity contribution is 0.154. The molecule has 1 fully saturated rings. The number of aliphatic hydroxyl groups excluding tert-OH is 1. The smallest absolute Gasteiger partial charge is 0.129 e. The van der Waals surface area contributed by atoms with Crippen LogP contribution in [0.1, 0.15) is 18.4 Å².